The molecule has 1 aromatic rings. The SMILES string of the molecule is CC(C)N(CCO)C(=O)c1ccc(C#CCO)s1. The van der Waals surface area contributed by atoms with Crippen LogP contribution in [0, 0.1) is 11.8 Å². The molecular formula is C13H17NO3S. The molecule has 5 heteroatoms. The van der Waals surface area contributed by atoms with Crippen LogP contribution in [0.1, 0.15) is 28.4 Å². The van der Waals surface area contributed by atoms with Gasteiger partial charge in [0.15, 0.2) is 0 Å². The van der Waals surface area contributed by atoms with Crippen molar-refractivity contribution in [1.29, 1.82) is 0 Å². The number of aliphatic hydroxyl groups excluding tert-OH is 2. The number of carbonyl (C=O) groups excluding carboxylic acids is 1. The van der Waals surface area contributed by atoms with E-state index in [1.54, 1.807) is 17.0 Å². The highest BCUT2D eigenvalue weighted by atomic mass is 32.1. The van der Waals surface area contributed by atoms with Crippen LogP contribution in [-0.4, -0.2) is 46.8 Å². The third-order valence-electron chi connectivity index (χ3n) is 2.33. The summed E-state index contributed by atoms with van der Waals surface area (Å²) < 4.78 is 0. The zero-order valence-electron chi connectivity index (χ0n) is 10.5. The zero-order valence-corrected chi connectivity index (χ0v) is 11.3. The number of carbonyl (C=O) groups is 1. The third kappa shape index (κ3) is 3.84. The molecule has 0 bridgehead atoms. The number of amides is 1. The zero-order chi connectivity index (χ0) is 13.5. The minimum absolute atomic E-state index is 0.0405. The van der Waals surface area contributed by atoms with Gasteiger partial charge in [0.05, 0.1) is 16.4 Å². The molecule has 1 rings (SSSR count). The van der Waals surface area contributed by atoms with Crippen molar-refractivity contribution in [2.75, 3.05) is 19.8 Å². The largest absolute Gasteiger partial charge is 0.395 e. The second-order valence-electron chi connectivity index (χ2n) is 3.94. The van der Waals surface area contributed by atoms with E-state index in [0.717, 1.165) is 4.88 Å². The van der Waals surface area contributed by atoms with Crippen molar-refractivity contribution in [2.24, 2.45) is 0 Å². The number of aliphatic hydroxyl groups is 2. The quantitative estimate of drug-likeness (QED) is 0.798. The van der Waals surface area contributed by atoms with Gasteiger partial charge in [0.25, 0.3) is 5.91 Å². The number of nitrogens with zero attached hydrogens (tertiary/aromatic N) is 1. The van der Waals surface area contributed by atoms with E-state index >= 15 is 0 Å². The highest BCUT2D eigenvalue weighted by Gasteiger charge is 2.19. The van der Waals surface area contributed by atoms with Crippen molar-refractivity contribution in [3.05, 3.63) is 21.9 Å². The van der Waals surface area contributed by atoms with Crippen molar-refractivity contribution in [3.8, 4) is 11.8 Å². The van der Waals surface area contributed by atoms with E-state index in [-0.39, 0.29) is 25.2 Å². The molecule has 0 saturated heterocycles. The second-order valence-corrected chi connectivity index (χ2v) is 5.02. The Kier molecular flexibility index (Phi) is 5.86. The molecule has 1 heterocycles. The summed E-state index contributed by atoms with van der Waals surface area (Å²) in [5.74, 6) is 5.22. The lowest BCUT2D eigenvalue weighted by atomic mass is 10.3. The van der Waals surface area contributed by atoms with Gasteiger partial charge in [-0.1, -0.05) is 11.8 Å². The average Bonchev–Trinajstić information content (AvgIpc) is 2.81. The van der Waals surface area contributed by atoms with Crippen molar-refractivity contribution in [2.45, 2.75) is 19.9 Å². The van der Waals surface area contributed by atoms with E-state index in [9.17, 15) is 4.79 Å². The fourth-order valence-electron chi connectivity index (χ4n) is 1.49. The van der Waals surface area contributed by atoms with Gasteiger partial charge in [-0.25, -0.2) is 0 Å². The van der Waals surface area contributed by atoms with Gasteiger partial charge in [-0.15, -0.1) is 11.3 Å². The fourth-order valence-corrected chi connectivity index (χ4v) is 2.33. The Balaban J connectivity index is 2.85. The maximum absolute atomic E-state index is 12.2. The maximum Gasteiger partial charge on any atom is 0.264 e. The predicted octanol–water partition coefficient (Wildman–Crippen LogP) is 0.935. The molecule has 0 aliphatic carbocycles. The van der Waals surface area contributed by atoms with E-state index in [1.165, 1.54) is 11.3 Å². The highest BCUT2D eigenvalue weighted by Crippen LogP contribution is 2.18. The van der Waals surface area contributed by atoms with Crippen LogP contribution in [0.3, 0.4) is 0 Å². The summed E-state index contributed by atoms with van der Waals surface area (Å²) in [7, 11) is 0. The summed E-state index contributed by atoms with van der Waals surface area (Å²) in [4.78, 5) is 15.2. The molecule has 0 unspecified atom stereocenters. The molecule has 0 atom stereocenters. The molecule has 1 aromatic heterocycles. The standard InChI is InChI=1S/C13H17NO3S/c1-10(2)14(7-9-16)13(17)12-6-5-11(18-12)4-3-8-15/h5-6,10,15-16H,7-9H2,1-2H3. The van der Waals surface area contributed by atoms with Crippen LogP contribution in [-0.2, 0) is 0 Å². The Labute approximate surface area is 111 Å². The molecule has 0 radical (unpaired) electrons. The molecule has 0 aliphatic heterocycles. The number of thiophene rings is 1. The van der Waals surface area contributed by atoms with Gasteiger partial charge in [0.1, 0.15) is 6.61 Å². The first-order chi connectivity index (χ1) is 8.60. The molecule has 98 valence electrons. The molecule has 1 amide bonds. The normalized spacial score (nSPS) is 10.1. The van der Waals surface area contributed by atoms with E-state index in [4.69, 9.17) is 10.2 Å². The minimum Gasteiger partial charge on any atom is -0.395 e. The molecule has 0 aliphatic rings. The van der Waals surface area contributed by atoms with Gasteiger partial charge in [-0.05, 0) is 26.0 Å². The summed E-state index contributed by atoms with van der Waals surface area (Å²) >= 11 is 1.29. The highest BCUT2D eigenvalue weighted by molar-refractivity contribution is 7.14. The lowest BCUT2D eigenvalue weighted by Crippen LogP contribution is -2.38. The van der Waals surface area contributed by atoms with Gasteiger partial charge < -0.3 is 15.1 Å². The topological polar surface area (TPSA) is 60.8 Å². The van der Waals surface area contributed by atoms with Gasteiger partial charge in [-0.2, -0.15) is 0 Å². The summed E-state index contributed by atoms with van der Waals surface area (Å²) in [6.45, 7) is 3.91. The van der Waals surface area contributed by atoms with E-state index < -0.39 is 0 Å². The monoisotopic (exact) mass is 267 g/mol. The molecular weight excluding hydrogens is 250 g/mol. The van der Waals surface area contributed by atoms with Crippen LogP contribution in [0.4, 0.5) is 0 Å². The molecule has 18 heavy (non-hydrogen) atoms. The van der Waals surface area contributed by atoms with Crippen molar-refractivity contribution >= 4 is 17.2 Å². The number of hydrogen-bond acceptors (Lipinski definition) is 4. The minimum atomic E-state index is -0.191. The Morgan fingerprint density at radius 3 is 2.72 bits per heavy atom. The van der Waals surface area contributed by atoms with Gasteiger partial charge in [0.2, 0.25) is 0 Å². The van der Waals surface area contributed by atoms with Crippen LogP contribution in [0.2, 0.25) is 0 Å². The molecule has 0 saturated carbocycles. The van der Waals surface area contributed by atoms with Crippen molar-refractivity contribution in [1.82, 2.24) is 4.90 Å². The summed E-state index contributed by atoms with van der Waals surface area (Å²) in [6, 6.07) is 3.53. The average molecular weight is 267 g/mol. The van der Waals surface area contributed by atoms with Crippen LogP contribution in [0.15, 0.2) is 12.1 Å². The summed E-state index contributed by atoms with van der Waals surface area (Å²) in [5, 5.41) is 17.6. The van der Waals surface area contributed by atoms with Gasteiger partial charge >= 0.3 is 0 Å². The first-order valence-electron chi connectivity index (χ1n) is 5.71. The van der Waals surface area contributed by atoms with Crippen molar-refractivity contribution < 1.29 is 15.0 Å². The van der Waals surface area contributed by atoms with Gasteiger partial charge in [-0.3, -0.25) is 4.79 Å². The molecule has 2 N–H and O–H groups in total. The van der Waals surface area contributed by atoms with Crippen LogP contribution >= 0.6 is 11.3 Å². The number of rotatable bonds is 4. The second kappa shape index (κ2) is 7.17. The summed E-state index contributed by atoms with van der Waals surface area (Å²) in [5.41, 5.74) is 0. The maximum atomic E-state index is 12.2. The Hall–Kier alpha value is -1.35. The van der Waals surface area contributed by atoms with Crippen LogP contribution in [0.5, 0.6) is 0 Å². The Morgan fingerprint density at radius 1 is 1.44 bits per heavy atom. The third-order valence-corrected chi connectivity index (χ3v) is 3.32. The van der Waals surface area contributed by atoms with Crippen molar-refractivity contribution in [3.63, 3.8) is 0 Å². The lowest BCUT2D eigenvalue weighted by molar-refractivity contribution is 0.0670. The Bertz CT molecular complexity index is 456. The molecule has 0 spiro atoms. The number of hydrogen-bond donors (Lipinski definition) is 2. The lowest BCUT2D eigenvalue weighted by Gasteiger charge is -2.25. The van der Waals surface area contributed by atoms with Crippen LogP contribution < -0.4 is 0 Å². The van der Waals surface area contributed by atoms with E-state index in [1.807, 2.05) is 13.8 Å². The first kappa shape index (κ1) is 14.7. The van der Waals surface area contributed by atoms with E-state index in [2.05, 4.69) is 11.8 Å². The Morgan fingerprint density at radius 2 is 2.17 bits per heavy atom. The molecule has 4 nitrogen and oxygen atoms in total. The summed E-state index contributed by atoms with van der Waals surface area (Å²) in [6.07, 6.45) is 0. The van der Waals surface area contributed by atoms with Gasteiger partial charge in [0, 0.05) is 12.6 Å². The predicted molar refractivity (Wildman–Crippen MR) is 71.5 cm³/mol. The molecule has 0 aromatic carbocycles. The van der Waals surface area contributed by atoms with Crippen LogP contribution in [0.25, 0.3) is 0 Å². The van der Waals surface area contributed by atoms with E-state index in [0.29, 0.717) is 11.4 Å². The first-order valence-corrected chi connectivity index (χ1v) is 6.53. The fraction of sp³-hybridized carbons (Fsp3) is 0.462. The molecule has 0 fully saturated rings. The smallest absolute Gasteiger partial charge is 0.264 e.